The normalized spacial score (nSPS) is 10.4. The monoisotopic (exact) mass is 278 g/mol. The van der Waals surface area contributed by atoms with Crippen LogP contribution in [0, 0.1) is 0 Å². The van der Waals surface area contributed by atoms with Crippen molar-refractivity contribution in [1.29, 1.82) is 0 Å². The highest BCUT2D eigenvalue weighted by molar-refractivity contribution is 8.00. The van der Waals surface area contributed by atoms with Gasteiger partial charge < -0.3 is 9.47 Å². The van der Waals surface area contributed by atoms with E-state index in [2.05, 4.69) is 9.97 Å². The minimum Gasteiger partial charge on any atom is -0.479 e. The summed E-state index contributed by atoms with van der Waals surface area (Å²) in [5.41, 5.74) is 1.54. The fraction of sp³-hybridized carbons (Fsp3) is 0.308. The molecule has 0 bridgehead atoms. The van der Waals surface area contributed by atoms with E-state index in [9.17, 15) is 4.79 Å². The quantitative estimate of drug-likeness (QED) is 0.617. The molecule has 2 aromatic rings. The molecule has 0 saturated heterocycles. The Morgan fingerprint density at radius 1 is 1.26 bits per heavy atom. The standard InChI is InChI=1S/C13H14N2O3S/c1-3-18-11(16)8-19-13-12(17-2)14-9-6-4-5-7-10(9)15-13/h4-7H,3,8H2,1-2H3. The van der Waals surface area contributed by atoms with Crippen LogP contribution < -0.4 is 4.74 Å². The second kappa shape index (κ2) is 6.38. The van der Waals surface area contributed by atoms with Crippen molar-refractivity contribution in [3.63, 3.8) is 0 Å². The molecule has 6 heteroatoms. The number of fused-ring (bicyclic) bond motifs is 1. The first-order chi connectivity index (χ1) is 9.24. The molecule has 0 aliphatic heterocycles. The molecular weight excluding hydrogens is 264 g/mol. The number of carbonyl (C=O) groups excluding carboxylic acids is 1. The third kappa shape index (κ3) is 3.35. The Bertz CT molecular complexity index is 589. The highest BCUT2D eigenvalue weighted by atomic mass is 32.2. The first-order valence-electron chi connectivity index (χ1n) is 5.83. The smallest absolute Gasteiger partial charge is 0.316 e. The number of esters is 1. The molecule has 2 rings (SSSR count). The predicted octanol–water partition coefficient (Wildman–Crippen LogP) is 2.29. The number of rotatable bonds is 5. The van der Waals surface area contributed by atoms with Gasteiger partial charge in [-0.05, 0) is 19.1 Å². The molecule has 0 amide bonds. The molecule has 0 atom stereocenters. The molecule has 19 heavy (non-hydrogen) atoms. The Kier molecular flexibility index (Phi) is 4.57. The molecule has 0 aliphatic rings. The first kappa shape index (κ1) is 13.6. The summed E-state index contributed by atoms with van der Waals surface area (Å²) in [5, 5.41) is 0.592. The van der Waals surface area contributed by atoms with Crippen LogP contribution in [0.1, 0.15) is 6.92 Å². The maximum atomic E-state index is 11.3. The van der Waals surface area contributed by atoms with Gasteiger partial charge in [-0.2, -0.15) is 0 Å². The number of thioether (sulfide) groups is 1. The first-order valence-corrected chi connectivity index (χ1v) is 6.82. The summed E-state index contributed by atoms with van der Waals surface area (Å²) in [5.74, 6) is 0.342. The van der Waals surface area contributed by atoms with Crippen LogP contribution in [0.15, 0.2) is 29.3 Å². The fourth-order valence-electron chi connectivity index (χ4n) is 1.52. The number of aromatic nitrogens is 2. The van der Waals surface area contributed by atoms with Gasteiger partial charge in [-0.15, -0.1) is 0 Å². The molecule has 1 heterocycles. The molecule has 0 saturated carbocycles. The lowest BCUT2D eigenvalue weighted by molar-refractivity contribution is -0.139. The van der Waals surface area contributed by atoms with Crippen LogP contribution in [-0.2, 0) is 9.53 Å². The zero-order valence-electron chi connectivity index (χ0n) is 10.8. The second-order valence-corrected chi connectivity index (χ2v) is 4.58. The third-order valence-corrected chi connectivity index (χ3v) is 3.25. The summed E-state index contributed by atoms with van der Waals surface area (Å²) in [6, 6.07) is 7.52. The number of para-hydroxylation sites is 2. The van der Waals surface area contributed by atoms with Gasteiger partial charge in [-0.3, -0.25) is 4.79 Å². The molecule has 0 spiro atoms. The zero-order valence-corrected chi connectivity index (χ0v) is 11.6. The van der Waals surface area contributed by atoms with E-state index in [0.717, 1.165) is 11.0 Å². The Balaban J connectivity index is 2.23. The van der Waals surface area contributed by atoms with Gasteiger partial charge in [0.2, 0.25) is 5.88 Å². The molecule has 0 aliphatic carbocycles. The SMILES string of the molecule is CCOC(=O)CSc1nc2ccccc2nc1OC. The lowest BCUT2D eigenvalue weighted by atomic mass is 10.3. The molecule has 0 unspecified atom stereocenters. The van der Waals surface area contributed by atoms with Gasteiger partial charge in [0.05, 0.1) is 30.5 Å². The predicted molar refractivity (Wildman–Crippen MR) is 73.4 cm³/mol. The summed E-state index contributed by atoms with van der Waals surface area (Å²) < 4.78 is 10.1. The summed E-state index contributed by atoms with van der Waals surface area (Å²) in [7, 11) is 1.53. The number of methoxy groups -OCH3 is 1. The average Bonchev–Trinajstić information content (AvgIpc) is 2.44. The Morgan fingerprint density at radius 2 is 1.95 bits per heavy atom. The van der Waals surface area contributed by atoms with Crippen molar-refractivity contribution in [2.75, 3.05) is 19.5 Å². The maximum Gasteiger partial charge on any atom is 0.316 e. The van der Waals surface area contributed by atoms with Crippen molar-refractivity contribution in [3.05, 3.63) is 24.3 Å². The van der Waals surface area contributed by atoms with E-state index in [1.165, 1.54) is 18.9 Å². The minimum absolute atomic E-state index is 0.192. The number of nitrogens with zero attached hydrogens (tertiary/aromatic N) is 2. The van der Waals surface area contributed by atoms with Crippen LogP contribution >= 0.6 is 11.8 Å². The number of benzene rings is 1. The third-order valence-electron chi connectivity index (χ3n) is 2.33. The Labute approximate surface area is 115 Å². The van der Waals surface area contributed by atoms with Crippen molar-refractivity contribution in [1.82, 2.24) is 9.97 Å². The van der Waals surface area contributed by atoms with Gasteiger partial charge in [0.25, 0.3) is 0 Å². The number of ether oxygens (including phenoxy) is 2. The van der Waals surface area contributed by atoms with Gasteiger partial charge in [0.15, 0.2) is 5.03 Å². The lowest BCUT2D eigenvalue weighted by Crippen LogP contribution is -2.07. The zero-order chi connectivity index (χ0) is 13.7. The van der Waals surface area contributed by atoms with Gasteiger partial charge in [-0.1, -0.05) is 23.9 Å². The van der Waals surface area contributed by atoms with Crippen molar-refractivity contribution in [3.8, 4) is 5.88 Å². The molecule has 5 nitrogen and oxygen atoms in total. The van der Waals surface area contributed by atoms with Crippen molar-refractivity contribution < 1.29 is 14.3 Å². The summed E-state index contributed by atoms with van der Waals surface area (Å²) in [6.07, 6.45) is 0. The number of hydrogen-bond donors (Lipinski definition) is 0. The van der Waals surface area contributed by atoms with Gasteiger partial charge in [0, 0.05) is 0 Å². The van der Waals surface area contributed by atoms with Crippen LogP contribution in [0.5, 0.6) is 5.88 Å². The largest absolute Gasteiger partial charge is 0.479 e. The second-order valence-electron chi connectivity index (χ2n) is 3.62. The van der Waals surface area contributed by atoms with Crippen LogP contribution in [0.4, 0.5) is 0 Å². The summed E-state index contributed by atoms with van der Waals surface area (Å²) in [6.45, 7) is 2.15. The molecular formula is C13H14N2O3S. The topological polar surface area (TPSA) is 61.3 Å². The van der Waals surface area contributed by atoms with Crippen LogP contribution in [-0.4, -0.2) is 35.4 Å². The van der Waals surface area contributed by atoms with E-state index >= 15 is 0 Å². The van der Waals surface area contributed by atoms with E-state index in [-0.39, 0.29) is 11.7 Å². The van der Waals surface area contributed by atoms with Gasteiger partial charge in [0.1, 0.15) is 0 Å². The van der Waals surface area contributed by atoms with Crippen LogP contribution in [0.2, 0.25) is 0 Å². The van der Waals surface area contributed by atoms with Crippen molar-refractivity contribution >= 4 is 28.8 Å². The molecule has 0 fully saturated rings. The lowest BCUT2D eigenvalue weighted by Gasteiger charge is -2.07. The highest BCUT2D eigenvalue weighted by Crippen LogP contribution is 2.27. The molecule has 0 radical (unpaired) electrons. The molecule has 1 aromatic heterocycles. The van der Waals surface area contributed by atoms with Crippen LogP contribution in [0.25, 0.3) is 11.0 Å². The number of hydrogen-bond acceptors (Lipinski definition) is 6. The summed E-state index contributed by atoms with van der Waals surface area (Å²) >= 11 is 1.26. The highest BCUT2D eigenvalue weighted by Gasteiger charge is 2.12. The van der Waals surface area contributed by atoms with E-state index < -0.39 is 0 Å². The molecule has 100 valence electrons. The van der Waals surface area contributed by atoms with E-state index in [1.54, 1.807) is 6.92 Å². The average molecular weight is 278 g/mol. The Hall–Kier alpha value is -1.82. The van der Waals surface area contributed by atoms with Gasteiger partial charge in [-0.25, -0.2) is 9.97 Å². The maximum absolute atomic E-state index is 11.3. The van der Waals surface area contributed by atoms with Crippen molar-refractivity contribution in [2.24, 2.45) is 0 Å². The minimum atomic E-state index is -0.274. The van der Waals surface area contributed by atoms with E-state index in [1.807, 2.05) is 24.3 Å². The molecule has 0 N–H and O–H groups in total. The van der Waals surface area contributed by atoms with E-state index in [4.69, 9.17) is 9.47 Å². The Morgan fingerprint density at radius 3 is 2.58 bits per heavy atom. The summed E-state index contributed by atoms with van der Waals surface area (Å²) in [4.78, 5) is 20.2. The molecule has 1 aromatic carbocycles. The number of carbonyl (C=O) groups is 1. The van der Waals surface area contributed by atoms with Crippen molar-refractivity contribution in [2.45, 2.75) is 11.9 Å². The van der Waals surface area contributed by atoms with Gasteiger partial charge >= 0.3 is 5.97 Å². The fourth-order valence-corrected chi connectivity index (χ4v) is 2.28. The van der Waals surface area contributed by atoms with Crippen LogP contribution in [0.3, 0.4) is 0 Å². The van der Waals surface area contributed by atoms with E-state index in [0.29, 0.717) is 17.5 Å².